The quantitative estimate of drug-likeness (QED) is 0.857. The van der Waals surface area contributed by atoms with Crippen molar-refractivity contribution in [3.8, 4) is 0 Å². The Hall–Kier alpha value is -1.42. The zero-order chi connectivity index (χ0) is 13.3. The van der Waals surface area contributed by atoms with Gasteiger partial charge in [-0.2, -0.15) is 0 Å². The van der Waals surface area contributed by atoms with Gasteiger partial charge in [0.05, 0.1) is 12.1 Å². The first kappa shape index (κ1) is 13.0. The second-order valence-electron chi connectivity index (χ2n) is 5.53. The Kier molecular flexibility index (Phi) is 3.39. The van der Waals surface area contributed by atoms with Gasteiger partial charge < -0.3 is 10.4 Å². The molecule has 0 aliphatic heterocycles. The molecule has 1 aliphatic rings. The highest BCUT2D eigenvalue weighted by Crippen LogP contribution is 2.47. The van der Waals surface area contributed by atoms with Crippen LogP contribution in [0.5, 0.6) is 0 Å². The largest absolute Gasteiger partial charge is 0.394 e. The van der Waals surface area contributed by atoms with E-state index in [0.29, 0.717) is 0 Å². The lowest BCUT2D eigenvalue weighted by Crippen LogP contribution is -2.47. The highest BCUT2D eigenvalue weighted by atomic mass is 19.1. The SMILES string of the molecule is CC(C)(CO)NC(=O)C1CC1c1cccc(F)c1. The predicted octanol–water partition coefficient (Wildman–Crippen LogP) is 1.82. The number of hydrogen-bond donors (Lipinski definition) is 2. The normalized spacial score (nSPS) is 22.7. The van der Waals surface area contributed by atoms with E-state index >= 15 is 0 Å². The minimum absolute atomic E-state index is 0.0664. The van der Waals surface area contributed by atoms with Gasteiger partial charge in [0.15, 0.2) is 0 Å². The van der Waals surface area contributed by atoms with Gasteiger partial charge in [-0.1, -0.05) is 12.1 Å². The molecule has 2 N–H and O–H groups in total. The van der Waals surface area contributed by atoms with Crippen LogP contribution < -0.4 is 5.32 Å². The number of halogens is 1. The summed E-state index contributed by atoms with van der Waals surface area (Å²) in [6.07, 6.45) is 0.747. The summed E-state index contributed by atoms with van der Waals surface area (Å²) in [4.78, 5) is 11.9. The Labute approximate surface area is 106 Å². The number of carbonyl (C=O) groups excluding carboxylic acids is 1. The number of amides is 1. The summed E-state index contributed by atoms with van der Waals surface area (Å²) in [5, 5.41) is 11.9. The lowest BCUT2D eigenvalue weighted by Gasteiger charge is -2.23. The van der Waals surface area contributed by atoms with Crippen LogP contribution in [0.2, 0.25) is 0 Å². The van der Waals surface area contributed by atoms with Gasteiger partial charge in [-0.3, -0.25) is 4.79 Å². The Morgan fingerprint density at radius 2 is 2.28 bits per heavy atom. The average molecular weight is 251 g/mol. The number of nitrogens with one attached hydrogen (secondary N) is 1. The van der Waals surface area contributed by atoms with Crippen LogP contribution in [-0.2, 0) is 4.79 Å². The van der Waals surface area contributed by atoms with Gasteiger partial charge in [0, 0.05) is 5.92 Å². The van der Waals surface area contributed by atoms with E-state index < -0.39 is 5.54 Å². The maximum absolute atomic E-state index is 13.1. The second kappa shape index (κ2) is 4.69. The molecule has 2 rings (SSSR count). The Morgan fingerprint density at radius 3 is 2.89 bits per heavy atom. The van der Waals surface area contributed by atoms with Crippen LogP contribution in [0.15, 0.2) is 24.3 Å². The molecule has 1 amide bonds. The van der Waals surface area contributed by atoms with Crippen molar-refractivity contribution in [2.45, 2.75) is 31.7 Å². The van der Waals surface area contributed by atoms with E-state index in [4.69, 9.17) is 5.11 Å². The van der Waals surface area contributed by atoms with Crippen molar-refractivity contribution >= 4 is 5.91 Å². The van der Waals surface area contributed by atoms with Crippen LogP contribution in [0.25, 0.3) is 0 Å². The predicted molar refractivity (Wildman–Crippen MR) is 66.6 cm³/mol. The molecule has 0 radical (unpaired) electrons. The first-order chi connectivity index (χ1) is 8.43. The zero-order valence-electron chi connectivity index (χ0n) is 10.6. The summed E-state index contributed by atoms with van der Waals surface area (Å²) in [7, 11) is 0. The van der Waals surface area contributed by atoms with Gasteiger partial charge in [-0.05, 0) is 43.9 Å². The van der Waals surface area contributed by atoms with Crippen molar-refractivity contribution in [1.82, 2.24) is 5.32 Å². The fraction of sp³-hybridized carbons (Fsp3) is 0.500. The standard InChI is InChI=1S/C14H18FNO2/c1-14(2,8-17)16-13(18)12-7-11(12)9-4-3-5-10(15)6-9/h3-6,11-12,17H,7-8H2,1-2H3,(H,16,18). The zero-order valence-corrected chi connectivity index (χ0v) is 10.6. The van der Waals surface area contributed by atoms with E-state index in [1.807, 2.05) is 6.07 Å². The molecule has 4 heteroatoms. The van der Waals surface area contributed by atoms with Crippen LogP contribution in [0.1, 0.15) is 31.7 Å². The van der Waals surface area contributed by atoms with Crippen molar-refractivity contribution in [1.29, 1.82) is 0 Å². The number of carbonyl (C=O) groups is 1. The highest BCUT2D eigenvalue weighted by molar-refractivity contribution is 5.83. The van der Waals surface area contributed by atoms with Crippen LogP contribution in [0.3, 0.4) is 0 Å². The second-order valence-corrected chi connectivity index (χ2v) is 5.53. The minimum Gasteiger partial charge on any atom is -0.394 e. The van der Waals surface area contributed by atoms with Gasteiger partial charge in [-0.15, -0.1) is 0 Å². The molecule has 2 unspecified atom stereocenters. The van der Waals surface area contributed by atoms with E-state index in [1.165, 1.54) is 12.1 Å². The fourth-order valence-electron chi connectivity index (χ4n) is 2.06. The van der Waals surface area contributed by atoms with Gasteiger partial charge in [0.25, 0.3) is 0 Å². The molecule has 0 heterocycles. The summed E-state index contributed by atoms with van der Waals surface area (Å²) < 4.78 is 13.1. The first-order valence-corrected chi connectivity index (χ1v) is 6.11. The highest BCUT2D eigenvalue weighted by Gasteiger charge is 2.45. The van der Waals surface area contributed by atoms with Crippen molar-refractivity contribution < 1.29 is 14.3 Å². The average Bonchev–Trinajstić information content (AvgIpc) is 3.08. The molecule has 1 aromatic carbocycles. The maximum atomic E-state index is 13.1. The van der Waals surface area contributed by atoms with Crippen molar-refractivity contribution in [3.63, 3.8) is 0 Å². The molecule has 3 nitrogen and oxygen atoms in total. The van der Waals surface area contributed by atoms with Crippen molar-refractivity contribution in [3.05, 3.63) is 35.6 Å². The summed E-state index contributed by atoms with van der Waals surface area (Å²) >= 11 is 0. The molecule has 18 heavy (non-hydrogen) atoms. The number of aliphatic hydroxyl groups excluding tert-OH is 1. The molecule has 0 saturated heterocycles. The number of hydrogen-bond acceptors (Lipinski definition) is 2. The molecule has 1 saturated carbocycles. The Morgan fingerprint density at radius 1 is 1.56 bits per heavy atom. The van der Waals surface area contributed by atoms with Crippen LogP contribution in [0.4, 0.5) is 4.39 Å². The molecule has 0 bridgehead atoms. The van der Waals surface area contributed by atoms with Crippen molar-refractivity contribution in [2.75, 3.05) is 6.61 Å². The van der Waals surface area contributed by atoms with Crippen LogP contribution in [0, 0.1) is 11.7 Å². The molecule has 1 fully saturated rings. The maximum Gasteiger partial charge on any atom is 0.224 e. The number of aliphatic hydroxyl groups is 1. The smallest absolute Gasteiger partial charge is 0.224 e. The third-order valence-corrected chi connectivity index (χ3v) is 3.26. The summed E-state index contributed by atoms with van der Waals surface area (Å²) in [5.41, 5.74) is 0.267. The third kappa shape index (κ3) is 2.88. The van der Waals surface area contributed by atoms with Gasteiger partial charge in [0.2, 0.25) is 5.91 Å². The third-order valence-electron chi connectivity index (χ3n) is 3.26. The van der Waals surface area contributed by atoms with E-state index in [-0.39, 0.29) is 30.2 Å². The van der Waals surface area contributed by atoms with Gasteiger partial charge >= 0.3 is 0 Å². The summed E-state index contributed by atoms with van der Waals surface area (Å²) in [6, 6.07) is 6.39. The van der Waals surface area contributed by atoms with E-state index in [9.17, 15) is 9.18 Å². The molecular formula is C14H18FNO2. The number of benzene rings is 1. The Balaban J connectivity index is 1.97. The summed E-state index contributed by atoms with van der Waals surface area (Å²) in [5.74, 6) is -0.328. The van der Waals surface area contributed by atoms with E-state index in [2.05, 4.69) is 5.32 Å². The van der Waals surface area contributed by atoms with Crippen LogP contribution in [-0.4, -0.2) is 23.2 Å². The Bertz CT molecular complexity index is 459. The molecule has 1 aromatic rings. The lowest BCUT2D eigenvalue weighted by atomic mass is 10.1. The van der Waals surface area contributed by atoms with Gasteiger partial charge in [-0.25, -0.2) is 4.39 Å². The summed E-state index contributed by atoms with van der Waals surface area (Å²) in [6.45, 7) is 3.44. The molecule has 98 valence electrons. The van der Waals surface area contributed by atoms with E-state index in [1.54, 1.807) is 19.9 Å². The topological polar surface area (TPSA) is 49.3 Å². The lowest BCUT2D eigenvalue weighted by molar-refractivity contribution is -0.124. The first-order valence-electron chi connectivity index (χ1n) is 6.11. The monoisotopic (exact) mass is 251 g/mol. The fourth-order valence-corrected chi connectivity index (χ4v) is 2.06. The molecule has 0 spiro atoms. The molecular weight excluding hydrogens is 233 g/mol. The van der Waals surface area contributed by atoms with Crippen molar-refractivity contribution in [2.24, 2.45) is 5.92 Å². The van der Waals surface area contributed by atoms with E-state index in [0.717, 1.165) is 12.0 Å². The molecule has 2 atom stereocenters. The minimum atomic E-state index is -0.605. The van der Waals surface area contributed by atoms with Crippen LogP contribution >= 0.6 is 0 Å². The van der Waals surface area contributed by atoms with Gasteiger partial charge in [0.1, 0.15) is 5.82 Å². The number of rotatable bonds is 4. The molecule has 0 aromatic heterocycles. The molecule has 1 aliphatic carbocycles.